The Hall–Kier alpha value is -1.23. The number of benzene rings is 1. The molecule has 5 heteroatoms. The molecule has 0 saturated heterocycles. The van der Waals surface area contributed by atoms with Crippen LogP contribution in [0.25, 0.3) is 0 Å². The maximum Gasteiger partial charge on any atom is 0.392 e. The van der Waals surface area contributed by atoms with Gasteiger partial charge < -0.3 is 10.5 Å². The molecule has 1 aromatic carbocycles. The average molecular weight is 287 g/mol. The van der Waals surface area contributed by atoms with Gasteiger partial charge in [0.05, 0.1) is 13.0 Å². The van der Waals surface area contributed by atoms with Crippen molar-refractivity contribution in [2.75, 3.05) is 7.11 Å². The van der Waals surface area contributed by atoms with Crippen molar-refractivity contribution in [2.24, 2.45) is 17.6 Å². The molecule has 2 N–H and O–H groups in total. The first-order valence-electron chi connectivity index (χ1n) is 6.89. The molecular weight excluding hydrogens is 267 g/mol. The van der Waals surface area contributed by atoms with Gasteiger partial charge in [-0.05, 0) is 36.5 Å². The fourth-order valence-corrected chi connectivity index (χ4v) is 3.07. The molecule has 0 spiro atoms. The minimum atomic E-state index is -4.16. The summed E-state index contributed by atoms with van der Waals surface area (Å²) >= 11 is 0. The van der Waals surface area contributed by atoms with E-state index >= 15 is 0 Å². The van der Waals surface area contributed by atoms with E-state index in [-0.39, 0.29) is 6.42 Å². The number of ether oxygens (including phenoxy) is 1. The molecule has 3 atom stereocenters. The zero-order valence-corrected chi connectivity index (χ0v) is 11.5. The van der Waals surface area contributed by atoms with E-state index in [4.69, 9.17) is 10.5 Å². The second kappa shape index (κ2) is 6.04. The molecule has 3 unspecified atom stereocenters. The van der Waals surface area contributed by atoms with Gasteiger partial charge in [-0.25, -0.2) is 0 Å². The first-order valence-corrected chi connectivity index (χ1v) is 6.89. The zero-order valence-electron chi connectivity index (χ0n) is 11.5. The zero-order chi connectivity index (χ0) is 14.8. The maximum atomic E-state index is 13.1. The van der Waals surface area contributed by atoms with Gasteiger partial charge in [-0.1, -0.05) is 25.0 Å². The van der Waals surface area contributed by atoms with E-state index in [1.165, 1.54) is 0 Å². The molecule has 1 aliphatic rings. The third-order valence-electron chi connectivity index (χ3n) is 4.20. The van der Waals surface area contributed by atoms with Crippen molar-refractivity contribution >= 4 is 0 Å². The Kier molecular flexibility index (Phi) is 4.58. The monoisotopic (exact) mass is 287 g/mol. The van der Waals surface area contributed by atoms with Gasteiger partial charge in [-0.3, -0.25) is 0 Å². The second-order valence-corrected chi connectivity index (χ2v) is 5.40. The van der Waals surface area contributed by atoms with Crippen LogP contribution in [-0.2, 0) is 0 Å². The predicted molar refractivity (Wildman–Crippen MR) is 71.4 cm³/mol. The Balaban J connectivity index is 2.18. The summed E-state index contributed by atoms with van der Waals surface area (Å²) in [5.74, 6) is -1.14. The number of alkyl halides is 3. The van der Waals surface area contributed by atoms with Crippen molar-refractivity contribution in [3.8, 4) is 5.75 Å². The summed E-state index contributed by atoms with van der Waals surface area (Å²) in [6.07, 6.45) is -1.97. The highest BCUT2D eigenvalue weighted by molar-refractivity contribution is 5.29. The van der Waals surface area contributed by atoms with Crippen LogP contribution in [0.4, 0.5) is 13.2 Å². The summed E-state index contributed by atoms with van der Waals surface area (Å²) in [5.41, 5.74) is 6.85. The topological polar surface area (TPSA) is 35.2 Å². The van der Waals surface area contributed by atoms with Crippen LogP contribution in [0.2, 0.25) is 0 Å². The van der Waals surface area contributed by atoms with Crippen molar-refractivity contribution in [1.82, 2.24) is 0 Å². The minimum Gasteiger partial charge on any atom is -0.497 e. The number of hydrogen-bond acceptors (Lipinski definition) is 2. The number of hydrogen-bond donors (Lipinski definition) is 1. The Morgan fingerprint density at radius 2 is 1.75 bits per heavy atom. The largest absolute Gasteiger partial charge is 0.497 e. The molecule has 20 heavy (non-hydrogen) atoms. The van der Waals surface area contributed by atoms with Gasteiger partial charge in [-0.15, -0.1) is 0 Å². The molecule has 0 amide bonds. The third-order valence-corrected chi connectivity index (χ3v) is 4.20. The highest BCUT2D eigenvalue weighted by Gasteiger charge is 2.47. The van der Waals surface area contributed by atoms with Crippen molar-refractivity contribution in [3.05, 3.63) is 29.8 Å². The molecule has 0 aliphatic heterocycles. The first-order chi connectivity index (χ1) is 9.43. The molecule has 1 aliphatic carbocycles. The Bertz CT molecular complexity index is 430. The first kappa shape index (κ1) is 15.2. The summed E-state index contributed by atoms with van der Waals surface area (Å²) in [6, 6.07) is 6.41. The van der Waals surface area contributed by atoms with Crippen LogP contribution in [0.5, 0.6) is 5.75 Å². The summed E-state index contributed by atoms with van der Waals surface area (Å²) in [6.45, 7) is 0. The number of nitrogens with two attached hydrogens (primary N) is 1. The molecule has 0 heterocycles. The fraction of sp³-hybridized carbons (Fsp3) is 0.600. The van der Waals surface area contributed by atoms with Gasteiger partial charge in [-0.2, -0.15) is 13.2 Å². The number of methoxy groups -OCH3 is 1. The smallest absolute Gasteiger partial charge is 0.392 e. The van der Waals surface area contributed by atoms with E-state index in [0.29, 0.717) is 18.6 Å². The SMILES string of the molecule is COc1ccc(C(N)C2CCCCC2C(F)(F)F)cc1. The van der Waals surface area contributed by atoms with E-state index in [0.717, 1.165) is 12.0 Å². The normalized spacial score (nSPS) is 25.2. The van der Waals surface area contributed by atoms with Gasteiger partial charge >= 0.3 is 6.18 Å². The average Bonchev–Trinajstić information content (AvgIpc) is 2.46. The lowest BCUT2D eigenvalue weighted by Crippen LogP contribution is -2.38. The molecule has 0 radical (unpaired) electrons. The summed E-state index contributed by atoms with van der Waals surface area (Å²) in [7, 11) is 1.55. The third kappa shape index (κ3) is 3.26. The van der Waals surface area contributed by atoms with Crippen LogP contribution in [0.3, 0.4) is 0 Å². The maximum absolute atomic E-state index is 13.1. The highest BCUT2D eigenvalue weighted by atomic mass is 19.4. The lowest BCUT2D eigenvalue weighted by Gasteiger charge is -2.36. The predicted octanol–water partition coefficient (Wildman–Crippen LogP) is 4.06. The van der Waals surface area contributed by atoms with E-state index in [1.807, 2.05) is 0 Å². The lowest BCUT2D eigenvalue weighted by molar-refractivity contribution is -0.198. The molecule has 2 nitrogen and oxygen atoms in total. The van der Waals surface area contributed by atoms with E-state index in [2.05, 4.69) is 0 Å². The van der Waals surface area contributed by atoms with Crippen LogP contribution < -0.4 is 10.5 Å². The molecular formula is C15H20F3NO. The van der Waals surface area contributed by atoms with Crippen LogP contribution >= 0.6 is 0 Å². The van der Waals surface area contributed by atoms with Crippen molar-refractivity contribution in [2.45, 2.75) is 37.9 Å². The highest BCUT2D eigenvalue weighted by Crippen LogP contribution is 2.45. The second-order valence-electron chi connectivity index (χ2n) is 5.40. The molecule has 2 rings (SSSR count). The number of rotatable bonds is 3. The van der Waals surface area contributed by atoms with Crippen LogP contribution in [0, 0.1) is 11.8 Å². The molecule has 1 aromatic rings. The molecule has 1 saturated carbocycles. The standard InChI is InChI=1S/C15H20F3NO/c1-20-11-8-6-10(7-9-11)14(19)12-4-2-3-5-13(12)15(16,17)18/h6-9,12-14H,2-5,19H2,1H3. The summed E-state index contributed by atoms with van der Waals surface area (Å²) < 4.78 is 44.4. The quantitative estimate of drug-likeness (QED) is 0.909. The molecule has 1 fully saturated rings. The summed E-state index contributed by atoms with van der Waals surface area (Å²) in [5, 5.41) is 0. The van der Waals surface area contributed by atoms with Crippen LogP contribution in [0.1, 0.15) is 37.3 Å². The number of halogens is 3. The van der Waals surface area contributed by atoms with Gasteiger partial charge in [0.25, 0.3) is 0 Å². The minimum absolute atomic E-state index is 0.192. The Morgan fingerprint density at radius 3 is 2.30 bits per heavy atom. The molecule has 112 valence electrons. The van der Waals surface area contributed by atoms with E-state index in [1.54, 1.807) is 31.4 Å². The van der Waals surface area contributed by atoms with Crippen LogP contribution in [0.15, 0.2) is 24.3 Å². The van der Waals surface area contributed by atoms with Crippen molar-refractivity contribution in [3.63, 3.8) is 0 Å². The molecule has 0 aromatic heterocycles. The van der Waals surface area contributed by atoms with E-state index < -0.39 is 24.1 Å². The van der Waals surface area contributed by atoms with E-state index in [9.17, 15) is 13.2 Å². The van der Waals surface area contributed by atoms with Crippen LogP contribution in [-0.4, -0.2) is 13.3 Å². The molecule has 0 bridgehead atoms. The van der Waals surface area contributed by atoms with Crippen molar-refractivity contribution < 1.29 is 17.9 Å². The van der Waals surface area contributed by atoms with Gasteiger partial charge in [0.15, 0.2) is 0 Å². The van der Waals surface area contributed by atoms with Gasteiger partial charge in [0.2, 0.25) is 0 Å². The summed E-state index contributed by atoms with van der Waals surface area (Å²) in [4.78, 5) is 0. The Labute approximate surface area is 117 Å². The van der Waals surface area contributed by atoms with Crippen molar-refractivity contribution in [1.29, 1.82) is 0 Å². The lowest BCUT2D eigenvalue weighted by atomic mass is 9.73. The Morgan fingerprint density at radius 1 is 1.15 bits per heavy atom. The van der Waals surface area contributed by atoms with Gasteiger partial charge in [0.1, 0.15) is 5.75 Å². The fourth-order valence-electron chi connectivity index (χ4n) is 3.07. The van der Waals surface area contributed by atoms with Gasteiger partial charge in [0, 0.05) is 6.04 Å².